The van der Waals surface area contributed by atoms with Gasteiger partial charge in [-0.3, -0.25) is 9.59 Å². The van der Waals surface area contributed by atoms with Gasteiger partial charge in [-0.2, -0.15) is 0 Å². The summed E-state index contributed by atoms with van der Waals surface area (Å²) in [6, 6.07) is 9.53. The third-order valence-corrected chi connectivity index (χ3v) is 8.68. The van der Waals surface area contributed by atoms with Gasteiger partial charge in [-0.1, -0.05) is 12.1 Å². The Balaban J connectivity index is 1.28. The second kappa shape index (κ2) is 9.15. The van der Waals surface area contributed by atoms with Crippen molar-refractivity contribution < 1.29 is 22.7 Å². The Hall–Kier alpha value is -2.52. The summed E-state index contributed by atoms with van der Waals surface area (Å²) in [4.78, 5) is 29.3. The van der Waals surface area contributed by atoms with Crippen LogP contribution in [-0.4, -0.2) is 47.8 Å². The largest absolute Gasteiger partial charge is 0.457 e. The van der Waals surface area contributed by atoms with Crippen molar-refractivity contribution in [2.24, 2.45) is 0 Å². The van der Waals surface area contributed by atoms with Crippen molar-refractivity contribution in [3.63, 3.8) is 0 Å². The number of ether oxygens (including phenoxy) is 1. The molecule has 4 rings (SSSR count). The smallest absolute Gasteiger partial charge is 0.306 e. The number of rotatable bonds is 8. The lowest BCUT2D eigenvalue weighted by atomic mass is 10.1. The number of hydrogen-bond donors (Lipinski definition) is 0. The van der Waals surface area contributed by atoms with Crippen molar-refractivity contribution in [2.75, 3.05) is 18.1 Å². The fourth-order valence-corrected chi connectivity index (χ4v) is 7.02. The lowest BCUT2D eigenvalue weighted by Gasteiger charge is -2.16. The monoisotopic (exact) mass is 474 g/mol. The molecule has 0 N–H and O–H groups in total. The molecule has 1 saturated heterocycles. The van der Waals surface area contributed by atoms with Crippen LogP contribution in [0, 0.1) is 13.8 Å². The first-order valence-corrected chi connectivity index (χ1v) is 13.3. The molecule has 3 aromatic rings. The van der Waals surface area contributed by atoms with E-state index in [0.29, 0.717) is 24.8 Å². The zero-order chi connectivity index (χ0) is 22.9. The van der Waals surface area contributed by atoms with Crippen molar-refractivity contribution in [3.8, 4) is 0 Å². The predicted octanol–water partition coefficient (Wildman–Crippen LogP) is 3.82. The summed E-state index contributed by atoms with van der Waals surface area (Å²) in [5.74, 6) is -0.410. The summed E-state index contributed by atoms with van der Waals surface area (Å²) in [5.41, 5.74) is 3.01. The molecular formula is C23H26N2O5S2. The minimum atomic E-state index is -3.03. The van der Waals surface area contributed by atoms with Gasteiger partial charge in [0.25, 0.3) is 0 Å². The average molecular weight is 475 g/mol. The molecule has 1 atom stereocenters. The van der Waals surface area contributed by atoms with E-state index < -0.39 is 15.8 Å². The van der Waals surface area contributed by atoms with E-state index in [4.69, 9.17) is 4.74 Å². The number of hydrogen-bond acceptors (Lipinski definition) is 7. The molecule has 0 bridgehead atoms. The lowest BCUT2D eigenvalue weighted by Crippen LogP contribution is -2.17. The number of esters is 1. The number of benzene rings is 1. The maximum Gasteiger partial charge on any atom is 0.306 e. The van der Waals surface area contributed by atoms with Crippen LogP contribution >= 0.6 is 11.3 Å². The molecule has 0 saturated carbocycles. The Labute approximate surface area is 191 Å². The number of thiazole rings is 1. The van der Waals surface area contributed by atoms with Crippen LogP contribution in [0.4, 0.5) is 0 Å². The van der Waals surface area contributed by atoms with E-state index >= 15 is 0 Å². The number of Topliss-reactive ketones (excluding diaryl/α,β-unsaturated/α-hetero) is 1. The van der Waals surface area contributed by atoms with E-state index in [1.54, 1.807) is 17.4 Å². The highest BCUT2D eigenvalue weighted by molar-refractivity contribution is 7.91. The number of nitrogens with zero attached hydrogens (tertiary/aromatic N) is 2. The molecule has 170 valence electrons. The van der Waals surface area contributed by atoms with E-state index in [2.05, 4.69) is 4.98 Å². The molecule has 0 aliphatic carbocycles. The third-order valence-electron chi connectivity index (χ3n) is 5.83. The van der Waals surface area contributed by atoms with Crippen LogP contribution in [-0.2, 0) is 25.8 Å². The van der Waals surface area contributed by atoms with Gasteiger partial charge in [-0.05, 0) is 51.3 Å². The first kappa shape index (κ1) is 22.7. The highest BCUT2D eigenvalue weighted by atomic mass is 32.2. The zero-order valence-electron chi connectivity index (χ0n) is 18.2. The summed E-state index contributed by atoms with van der Waals surface area (Å²) >= 11 is 1.62. The van der Waals surface area contributed by atoms with Crippen LogP contribution in [0.2, 0.25) is 0 Å². The number of aromatic nitrogens is 2. The van der Waals surface area contributed by atoms with Crippen LogP contribution in [0.25, 0.3) is 10.2 Å². The number of sulfone groups is 1. The van der Waals surface area contributed by atoms with E-state index in [-0.39, 0.29) is 36.4 Å². The van der Waals surface area contributed by atoms with Crippen molar-refractivity contribution >= 4 is 43.1 Å². The number of para-hydroxylation sites is 1. The van der Waals surface area contributed by atoms with E-state index in [9.17, 15) is 18.0 Å². The zero-order valence-corrected chi connectivity index (χ0v) is 19.8. The number of aryl methyl sites for hydroxylation is 2. The number of fused-ring (bicyclic) bond motifs is 1. The van der Waals surface area contributed by atoms with Gasteiger partial charge in [0.15, 0.2) is 16.4 Å². The molecule has 7 nitrogen and oxygen atoms in total. The second-order valence-corrected chi connectivity index (χ2v) is 11.6. The minimum absolute atomic E-state index is 0.0979. The summed E-state index contributed by atoms with van der Waals surface area (Å²) in [6.07, 6.45) is 2.07. The molecule has 1 aliphatic heterocycles. The molecule has 1 aliphatic rings. The normalized spacial score (nSPS) is 17.6. The average Bonchev–Trinajstić information content (AvgIpc) is 3.40. The molecule has 9 heteroatoms. The Morgan fingerprint density at radius 3 is 2.75 bits per heavy atom. The van der Waals surface area contributed by atoms with Gasteiger partial charge >= 0.3 is 5.97 Å². The maximum absolute atomic E-state index is 12.7. The quantitative estimate of drug-likeness (QED) is 0.364. The van der Waals surface area contributed by atoms with Gasteiger partial charge < -0.3 is 9.30 Å². The van der Waals surface area contributed by atoms with Crippen LogP contribution in [0.1, 0.15) is 52.1 Å². The fourth-order valence-electron chi connectivity index (χ4n) is 4.31. The summed E-state index contributed by atoms with van der Waals surface area (Å²) in [7, 11) is -3.03. The SMILES string of the molecule is Cc1cc(C(=O)COC(=O)CCCc2nc3ccccc3s2)c(C)n1C1CCS(=O)(=O)C1. The minimum Gasteiger partial charge on any atom is -0.457 e. The van der Waals surface area contributed by atoms with E-state index in [1.165, 1.54) is 0 Å². The van der Waals surface area contributed by atoms with Crippen LogP contribution < -0.4 is 0 Å². The van der Waals surface area contributed by atoms with Gasteiger partial charge in [-0.25, -0.2) is 13.4 Å². The van der Waals surface area contributed by atoms with Crippen molar-refractivity contribution in [3.05, 3.63) is 52.3 Å². The topological polar surface area (TPSA) is 95.3 Å². The maximum atomic E-state index is 12.7. The molecule has 0 radical (unpaired) electrons. The molecule has 1 fully saturated rings. The van der Waals surface area contributed by atoms with Gasteiger partial charge in [0.2, 0.25) is 5.78 Å². The number of carbonyl (C=O) groups is 2. The predicted molar refractivity (Wildman–Crippen MR) is 124 cm³/mol. The van der Waals surface area contributed by atoms with Crippen LogP contribution in [0.5, 0.6) is 0 Å². The molecule has 1 aromatic carbocycles. The van der Waals surface area contributed by atoms with Crippen molar-refractivity contribution in [2.45, 2.75) is 45.6 Å². The lowest BCUT2D eigenvalue weighted by molar-refractivity contribution is -0.142. The second-order valence-electron chi connectivity index (χ2n) is 8.22. The molecule has 0 amide bonds. The Kier molecular flexibility index (Phi) is 6.48. The van der Waals surface area contributed by atoms with Gasteiger partial charge in [0, 0.05) is 29.4 Å². The number of carbonyl (C=O) groups excluding carboxylic acids is 2. The molecule has 0 spiro atoms. The highest BCUT2D eigenvalue weighted by Crippen LogP contribution is 2.29. The third kappa shape index (κ3) is 4.94. The molecular weight excluding hydrogens is 448 g/mol. The van der Waals surface area contributed by atoms with Gasteiger partial charge in [0.05, 0.1) is 26.7 Å². The highest BCUT2D eigenvalue weighted by Gasteiger charge is 2.31. The molecule has 3 heterocycles. The first-order chi connectivity index (χ1) is 15.2. The Morgan fingerprint density at radius 2 is 2.03 bits per heavy atom. The van der Waals surface area contributed by atoms with Gasteiger partial charge in [-0.15, -0.1) is 11.3 Å². The van der Waals surface area contributed by atoms with Crippen molar-refractivity contribution in [1.82, 2.24) is 9.55 Å². The Bertz CT molecular complexity index is 1240. The summed E-state index contributed by atoms with van der Waals surface area (Å²) in [6.45, 7) is 3.36. The molecule has 1 unspecified atom stereocenters. The number of ketones is 1. The summed E-state index contributed by atoms with van der Waals surface area (Å²) < 4.78 is 31.9. The first-order valence-electron chi connectivity index (χ1n) is 10.7. The van der Waals surface area contributed by atoms with Crippen molar-refractivity contribution in [1.29, 1.82) is 0 Å². The molecule has 32 heavy (non-hydrogen) atoms. The van der Waals surface area contributed by atoms with Crippen LogP contribution in [0.15, 0.2) is 30.3 Å². The van der Waals surface area contributed by atoms with E-state index in [1.807, 2.05) is 42.7 Å². The Morgan fingerprint density at radius 1 is 1.25 bits per heavy atom. The summed E-state index contributed by atoms with van der Waals surface area (Å²) in [5, 5.41) is 0.983. The molecule has 2 aromatic heterocycles. The standard InChI is InChI=1S/C23H26N2O5S2/c1-15-12-18(16(2)25(15)17-10-11-32(28,29)14-17)20(26)13-30-23(27)9-5-8-22-24-19-6-3-4-7-21(19)31-22/h3-4,6-7,12,17H,5,8-11,13-14H2,1-2H3. The fraction of sp³-hybridized carbons (Fsp3) is 0.435. The van der Waals surface area contributed by atoms with Gasteiger partial charge in [0.1, 0.15) is 0 Å². The van der Waals surface area contributed by atoms with E-state index in [0.717, 1.165) is 26.6 Å². The van der Waals surface area contributed by atoms with Crippen LogP contribution in [0.3, 0.4) is 0 Å².